The lowest BCUT2D eigenvalue weighted by Gasteiger charge is -2.57. The van der Waals surface area contributed by atoms with E-state index in [1.54, 1.807) is 19.2 Å². The number of aromatic carboxylic acids is 1. The monoisotopic (exact) mass is 388 g/mol. The topological polar surface area (TPSA) is 46.5 Å². The Labute approximate surface area is 172 Å². The first kappa shape index (κ1) is 18.5. The lowest BCUT2D eigenvalue weighted by atomic mass is 9.48. The highest BCUT2D eigenvalue weighted by atomic mass is 16.5. The van der Waals surface area contributed by atoms with Crippen LogP contribution in [0, 0.1) is 17.8 Å². The fourth-order valence-corrected chi connectivity index (χ4v) is 6.62. The lowest BCUT2D eigenvalue weighted by molar-refractivity contribution is -0.00615. The van der Waals surface area contributed by atoms with Gasteiger partial charge in [-0.2, -0.15) is 0 Å². The largest absolute Gasteiger partial charge is 0.496 e. The zero-order valence-electron chi connectivity index (χ0n) is 16.9. The third kappa shape index (κ3) is 3.37. The summed E-state index contributed by atoms with van der Waals surface area (Å²) in [7, 11) is 1.79. The van der Waals surface area contributed by atoms with Gasteiger partial charge in [0, 0.05) is 5.56 Å². The molecular weight excluding hydrogens is 360 g/mol. The van der Waals surface area contributed by atoms with Crippen LogP contribution in [0.25, 0.3) is 12.2 Å². The molecule has 0 unspecified atom stereocenters. The molecule has 4 aliphatic rings. The van der Waals surface area contributed by atoms with Crippen molar-refractivity contribution in [3.8, 4) is 5.75 Å². The number of rotatable bonds is 5. The van der Waals surface area contributed by atoms with Gasteiger partial charge < -0.3 is 9.84 Å². The minimum Gasteiger partial charge on any atom is -0.496 e. The summed E-state index contributed by atoms with van der Waals surface area (Å²) in [5.41, 5.74) is 4.15. The van der Waals surface area contributed by atoms with Gasteiger partial charge in [-0.1, -0.05) is 36.4 Å². The molecule has 3 heteroatoms. The molecule has 2 aromatic carbocycles. The van der Waals surface area contributed by atoms with Gasteiger partial charge in [-0.05, 0) is 91.0 Å². The third-order valence-electron chi connectivity index (χ3n) is 7.46. The van der Waals surface area contributed by atoms with Crippen molar-refractivity contribution < 1.29 is 14.6 Å². The molecule has 2 aromatic rings. The molecule has 6 rings (SSSR count). The number of ether oxygens (including phenoxy) is 1. The van der Waals surface area contributed by atoms with E-state index in [1.165, 1.54) is 44.1 Å². The highest BCUT2D eigenvalue weighted by Crippen LogP contribution is 2.61. The summed E-state index contributed by atoms with van der Waals surface area (Å²) in [6.07, 6.45) is 12.4. The molecule has 0 aliphatic heterocycles. The number of methoxy groups -OCH3 is 1. The Morgan fingerprint density at radius 2 is 1.48 bits per heavy atom. The highest BCUT2D eigenvalue weighted by molar-refractivity contribution is 5.88. The van der Waals surface area contributed by atoms with Gasteiger partial charge in [0.05, 0.1) is 12.7 Å². The van der Waals surface area contributed by atoms with Crippen LogP contribution in [0.15, 0.2) is 42.5 Å². The molecule has 4 fully saturated rings. The average molecular weight is 389 g/mol. The van der Waals surface area contributed by atoms with E-state index in [-0.39, 0.29) is 0 Å². The van der Waals surface area contributed by atoms with Crippen molar-refractivity contribution in [2.24, 2.45) is 17.8 Å². The van der Waals surface area contributed by atoms with Crippen LogP contribution in [0.4, 0.5) is 0 Å². The van der Waals surface area contributed by atoms with Crippen molar-refractivity contribution in [3.05, 3.63) is 64.7 Å². The molecule has 4 aliphatic carbocycles. The van der Waals surface area contributed by atoms with Crippen LogP contribution in [0.1, 0.15) is 65.6 Å². The fourth-order valence-electron chi connectivity index (χ4n) is 6.62. The van der Waals surface area contributed by atoms with Gasteiger partial charge in [-0.25, -0.2) is 4.79 Å². The second-order valence-electron chi connectivity index (χ2n) is 9.42. The Bertz CT molecular complexity index is 919. The van der Waals surface area contributed by atoms with Crippen molar-refractivity contribution in [1.82, 2.24) is 0 Å². The van der Waals surface area contributed by atoms with E-state index in [9.17, 15) is 4.79 Å². The molecule has 0 radical (unpaired) electrons. The van der Waals surface area contributed by atoms with Crippen molar-refractivity contribution >= 4 is 18.1 Å². The summed E-state index contributed by atoms with van der Waals surface area (Å²) in [5, 5.41) is 9.02. The third-order valence-corrected chi connectivity index (χ3v) is 7.46. The number of hydrogen-bond donors (Lipinski definition) is 1. The fraction of sp³-hybridized carbons (Fsp3) is 0.423. The molecule has 29 heavy (non-hydrogen) atoms. The molecule has 0 saturated heterocycles. The second-order valence-corrected chi connectivity index (χ2v) is 9.42. The van der Waals surface area contributed by atoms with Gasteiger partial charge in [0.1, 0.15) is 5.75 Å². The van der Waals surface area contributed by atoms with Gasteiger partial charge in [-0.3, -0.25) is 0 Å². The first-order valence-corrected chi connectivity index (χ1v) is 10.7. The van der Waals surface area contributed by atoms with E-state index in [0.717, 1.165) is 34.6 Å². The highest BCUT2D eigenvalue weighted by Gasteiger charge is 2.52. The van der Waals surface area contributed by atoms with Gasteiger partial charge in [0.2, 0.25) is 0 Å². The Hall–Kier alpha value is -2.55. The van der Waals surface area contributed by atoms with Crippen LogP contribution >= 0.6 is 0 Å². The standard InChI is InChI=1S/C26H28O3/c1-29-24-13-18(3-2-17-4-7-22(8-5-17)25(27)28)6-9-23(24)26-14-19-10-20(15-26)12-21(11-19)16-26/h2-9,13,19-21H,10-12,14-16H2,1H3,(H,27,28). The predicted molar refractivity (Wildman–Crippen MR) is 115 cm³/mol. The molecule has 0 spiro atoms. The maximum Gasteiger partial charge on any atom is 0.335 e. The normalized spacial score (nSPS) is 30.0. The van der Waals surface area contributed by atoms with Gasteiger partial charge in [-0.15, -0.1) is 0 Å². The van der Waals surface area contributed by atoms with Gasteiger partial charge in [0.25, 0.3) is 0 Å². The van der Waals surface area contributed by atoms with Crippen molar-refractivity contribution in [2.45, 2.75) is 43.9 Å². The zero-order valence-corrected chi connectivity index (χ0v) is 16.9. The molecule has 0 atom stereocenters. The molecule has 1 N–H and O–H groups in total. The van der Waals surface area contributed by atoms with Crippen LogP contribution in [0.5, 0.6) is 5.75 Å². The smallest absolute Gasteiger partial charge is 0.335 e. The van der Waals surface area contributed by atoms with E-state index in [0.29, 0.717) is 11.0 Å². The van der Waals surface area contributed by atoms with Crippen LogP contribution in [-0.4, -0.2) is 18.2 Å². The van der Waals surface area contributed by atoms with E-state index >= 15 is 0 Å². The maximum atomic E-state index is 11.0. The van der Waals surface area contributed by atoms with E-state index in [4.69, 9.17) is 9.84 Å². The molecule has 0 aromatic heterocycles. The molecule has 150 valence electrons. The van der Waals surface area contributed by atoms with Crippen LogP contribution in [-0.2, 0) is 5.41 Å². The number of carboxylic acid groups (broad SMARTS) is 1. The lowest BCUT2D eigenvalue weighted by Crippen LogP contribution is -2.48. The summed E-state index contributed by atoms with van der Waals surface area (Å²) in [5.74, 6) is 2.87. The van der Waals surface area contributed by atoms with E-state index in [1.807, 2.05) is 18.2 Å². The summed E-state index contributed by atoms with van der Waals surface area (Å²) >= 11 is 0. The van der Waals surface area contributed by atoms with E-state index < -0.39 is 5.97 Å². The Morgan fingerprint density at radius 1 is 0.931 bits per heavy atom. The molecule has 4 saturated carbocycles. The van der Waals surface area contributed by atoms with E-state index in [2.05, 4.69) is 24.3 Å². The Kier molecular flexibility index (Phi) is 4.49. The maximum absolute atomic E-state index is 11.0. The molecule has 0 heterocycles. The number of benzene rings is 2. The number of carboxylic acids is 1. The number of hydrogen-bond acceptors (Lipinski definition) is 2. The van der Waals surface area contributed by atoms with Crippen molar-refractivity contribution in [2.75, 3.05) is 7.11 Å². The summed E-state index contributed by atoms with van der Waals surface area (Å²) in [6, 6.07) is 13.6. The summed E-state index contributed by atoms with van der Waals surface area (Å²) < 4.78 is 5.87. The van der Waals surface area contributed by atoms with Crippen LogP contribution in [0.2, 0.25) is 0 Å². The second kappa shape index (κ2) is 7.05. The quantitative estimate of drug-likeness (QED) is 0.636. The predicted octanol–water partition coefficient (Wildman–Crippen LogP) is 6.03. The molecule has 3 nitrogen and oxygen atoms in total. The van der Waals surface area contributed by atoms with Crippen molar-refractivity contribution in [3.63, 3.8) is 0 Å². The summed E-state index contributed by atoms with van der Waals surface area (Å²) in [4.78, 5) is 11.0. The first-order chi connectivity index (χ1) is 14.0. The average Bonchev–Trinajstić information content (AvgIpc) is 2.71. The van der Waals surface area contributed by atoms with Crippen LogP contribution < -0.4 is 4.74 Å². The zero-order chi connectivity index (χ0) is 20.0. The molecule has 4 bridgehead atoms. The summed E-state index contributed by atoms with van der Waals surface area (Å²) in [6.45, 7) is 0. The number of carbonyl (C=O) groups is 1. The van der Waals surface area contributed by atoms with Gasteiger partial charge in [0.15, 0.2) is 0 Å². The Morgan fingerprint density at radius 3 is 2.03 bits per heavy atom. The molecule has 0 amide bonds. The molecular formula is C26H28O3. The van der Waals surface area contributed by atoms with Gasteiger partial charge >= 0.3 is 5.97 Å². The Balaban J connectivity index is 1.40. The minimum absolute atomic E-state index is 0.309. The minimum atomic E-state index is -0.898. The van der Waals surface area contributed by atoms with Crippen LogP contribution in [0.3, 0.4) is 0 Å². The first-order valence-electron chi connectivity index (χ1n) is 10.7. The van der Waals surface area contributed by atoms with Crippen molar-refractivity contribution in [1.29, 1.82) is 0 Å². The SMILES string of the molecule is COc1cc(C=Cc2ccc(C(=O)O)cc2)ccc1C12CC3CC(CC(C3)C1)C2.